The largest absolute Gasteiger partial charge is 0.443 e. The van der Waals surface area contributed by atoms with Gasteiger partial charge in [-0.15, -0.1) is 0 Å². The van der Waals surface area contributed by atoms with Crippen LogP contribution in [0.15, 0.2) is 143 Å². The van der Waals surface area contributed by atoms with Crippen molar-refractivity contribution in [1.82, 2.24) is 30.6 Å². The number of nitrogens with one attached hydrogen (secondary N) is 2. The number of benzene rings is 6. The van der Waals surface area contributed by atoms with Crippen LogP contribution in [0.25, 0.3) is 44.5 Å². The summed E-state index contributed by atoms with van der Waals surface area (Å²) in [5, 5.41) is 6.07. The quantitative estimate of drug-likeness (QED) is 0.112. The van der Waals surface area contributed by atoms with Crippen LogP contribution < -0.4 is 22.1 Å². The third-order valence-electron chi connectivity index (χ3n) is 15.0. The summed E-state index contributed by atoms with van der Waals surface area (Å²) in [7, 11) is 0. The molecule has 4 bridgehead atoms. The molecule has 364 valence electrons. The molecule has 6 aromatic carbocycles. The Balaban J connectivity index is 0.000000143. The van der Waals surface area contributed by atoms with Crippen molar-refractivity contribution >= 4 is 45.6 Å². The second kappa shape index (κ2) is 17.4. The average Bonchev–Trinajstić information content (AvgIpc) is 4.29. The second-order valence-electron chi connectivity index (χ2n) is 19.4. The fraction of sp³-hybridized carbons (Fsp3) is 0.167. The number of amides is 2. The van der Waals surface area contributed by atoms with Crippen LogP contribution in [-0.4, -0.2) is 31.8 Å². The van der Waals surface area contributed by atoms with Crippen LogP contribution in [0.4, 0.5) is 11.6 Å². The van der Waals surface area contributed by atoms with Crippen molar-refractivity contribution in [3.05, 3.63) is 223 Å². The lowest BCUT2D eigenvalue weighted by molar-refractivity contribution is 0.0856. The van der Waals surface area contributed by atoms with Crippen LogP contribution in [0.3, 0.4) is 0 Å². The lowest BCUT2D eigenvalue weighted by Crippen LogP contribution is -2.24. The van der Waals surface area contributed by atoms with E-state index >= 15 is 0 Å². The maximum Gasteiger partial charge on any atom is 0.251 e. The molecular formula is C60H48N8O6. The number of carbonyl (C=O) groups is 2. The molecule has 4 aromatic heterocycles. The van der Waals surface area contributed by atoms with Crippen LogP contribution >= 0.6 is 0 Å². The lowest BCUT2D eigenvalue weighted by atomic mass is 9.83. The Morgan fingerprint density at radius 1 is 0.486 bits per heavy atom. The smallest absolute Gasteiger partial charge is 0.251 e. The number of anilines is 2. The Morgan fingerprint density at radius 3 is 1.31 bits per heavy atom. The Hall–Kier alpha value is -8.98. The molecule has 0 radical (unpaired) electrons. The van der Waals surface area contributed by atoms with Gasteiger partial charge in [0, 0.05) is 46.7 Å². The van der Waals surface area contributed by atoms with Crippen molar-refractivity contribution in [1.29, 1.82) is 0 Å². The van der Waals surface area contributed by atoms with Crippen molar-refractivity contribution in [3.63, 3.8) is 0 Å². The number of hydrogen-bond acceptors (Lipinski definition) is 12. The SMILES string of the molecule is Cc1cc(N)nc(C)c1CNC(=O)c1ccc2c(c1)C1OC2c2cc(-c3cccc4ncoc34)ccc21.Cc1cc(N)nc(C)c1CNC(=O)c1ccc2c(c1)C1OC2c2ccc(-c3cccc4ncoc34)cc21. The standard InChI is InChI=1S/2C30H24N4O3/c1-15-10-26(31)34-16(2)24(15)13-32-30(35)18-7-9-21-23(12-18)28-20-8-6-17(11-22(20)27(21)37-28)19-4-3-5-25-29(19)36-14-33-25;1-15-10-26(31)34-16(2)24(15)13-32-30(35)18-7-9-21-23(12-18)28-22-11-17(6-8-20(22)27(21)37-28)19-4-3-5-25-29(19)36-14-33-25/h2*3-12,14,27-28H,13H2,1-2H3,(H2,31,34)(H,32,35). The third-order valence-corrected chi connectivity index (χ3v) is 15.0. The fourth-order valence-electron chi connectivity index (χ4n) is 11.4. The van der Waals surface area contributed by atoms with Gasteiger partial charge in [-0.2, -0.15) is 0 Å². The summed E-state index contributed by atoms with van der Waals surface area (Å²) in [6, 6.07) is 40.1. The van der Waals surface area contributed by atoms with E-state index in [1.54, 1.807) is 0 Å². The molecule has 74 heavy (non-hydrogen) atoms. The molecule has 0 spiro atoms. The summed E-state index contributed by atoms with van der Waals surface area (Å²) in [5.74, 6) is 0.713. The first kappa shape index (κ1) is 44.9. The number of hydrogen-bond donors (Lipinski definition) is 4. The van der Waals surface area contributed by atoms with Crippen molar-refractivity contribution in [2.24, 2.45) is 0 Å². The minimum absolute atomic E-state index is 0.117. The molecule has 14 nitrogen and oxygen atoms in total. The monoisotopic (exact) mass is 976 g/mol. The predicted octanol–water partition coefficient (Wildman–Crippen LogP) is 11.1. The number of aromatic nitrogens is 4. The molecule has 0 saturated heterocycles. The highest BCUT2D eigenvalue weighted by atomic mass is 16.5. The molecule has 14 rings (SSSR count). The Labute approximate surface area is 424 Å². The van der Waals surface area contributed by atoms with Crippen LogP contribution in [-0.2, 0) is 22.6 Å². The highest BCUT2D eigenvalue weighted by molar-refractivity contribution is 5.96. The molecular weight excluding hydrogens is 929 g/mol. The zero-order valence-electron chi connectivity index (χ0n) is 40.8. The second-order valence-corrected chi connectivity index (χ2v) is 19.4. The molecule has 6 N–H and O–H groups in total. The number of nitrogen functional groups attached to an aromatic ring is 2. The van der Waals surface area contributed by atoms with Gasteiger partial charge in [0.1, 0.15) is 47.1 Å². The van der Waals surface area contributed by atoms with E-state index in [9.17, 15) is 9.59 Å². The number of rotatable bonds is 8. The first-order valence-corrected chi connectivity index (χ1v) is 24.5. The van der Waals surface area contributed by atoms with E-state index in [4.69, 9.17) is 29.8 Å². The Kier molecular flexibility index (Phi) is 10.5. The minimum atomic E-state index is -0.206. The van der Waals surface area contributed by atoms with Gasteiger partial charge in [-0.05, 0) is 166 Å². The summed E-state index contributed by atoms with van der Waals surface area (Å²) in [4.78, 5) is 43.3. The maximum absolute atomic E-state index is 13.1. The van der Waals surface area contributed by atoms with E-state index in [2.05, 4.69) is 67.0 Å². The first-order chi connectivity index (χ1) is 35.9. The topological polar surface area (TPSA) is 207 Å². The van der Waals surface area contributed by atoms with Crippen LogP contribution in [0.1, 0.15) is 123 Å². The molecule has 10 aromatic rings. The van der Waals surface area contributed by atoms with Gasteiger partial charge in [0.15, 0.2) is 24.0 Å². The van der Waals surface area contributed by atoms with Crippen molar-refractivity contribution < 1.29 is 27.9 Å². The lowest BCUT2D eigenvalue weighted by Gasteiger charge is -2.18. The number of nitrogens with two attached hydrogens (primary N) is 2. The molecule has 8 heterocycles. The predicted molar refractivity (Wildman–Crippen MR) is 280 cm³/mol. The number of pyridine rings is 2. The molecule has 4 aliphatic heterocycles. The summed E-state index contributed by atoms with van der Waals surface area (Å²) in [5.41, 5.74) is 34.8. The number of ether oxygens (including phenoxy) is 2. The van der Waals surface area contributed by atoms with Gasteiger partial charge in [-0.25, -0.2) is 19.9 Å². The number of oxazole rings is 2. The summed E-state index contributed by atoms with van der Waals surface area (Å²) in [6.45, 7) is 8.55. The molecule has 2 amide bonds. The summed E-state index contributed by atoms with van der Waals surface area (Å²) < 4.78 is 24.1. The molecule has 4 atom stereocenters. The summed E-state index contributed by atoms with van der Waals surface area (Å²) in [6.07, 6.45) is 2.31. The summed E-state index contributed by atoms with van der Waals surface area (Å²) >= 11 is 0. The minimum Gasteiger partial charge on any atom is -0.443 e. The number of fused-ring (bicyclic) bond motifs is 18. The van der Waals surface area contributed by atoms with E-state index in [1.165, 1.54) is 18.4 Å². The number of nitrogens with zero attached hydrogens (tertiary/aromatic N) is 4. The normalized spacial score (nSPS) is 17.1. The molecule has 4 aliphatic rings. The van der Waals surface area contributed by atoms with Gasteiger partial charge >= 0.3 is 0 Å². The van der Waals surface area contributed by atoms with E-state index < -0.39 is 0 Å². The highest BCUT2D eigenvalue weighted by Gasteiger charge is 2.44. The van der Waals surface area contributed by atoms with Gasteiger partial charge in [0.2, 0.25) is 0 Å². The van der Waals surface area contributed by atoms with E-state index in [0.717, 1.165) is 117 Å². The van der Waals surface area contributed by atoms with E-state index in [-0.39, 0.29) is 36.2 Å². The molecule has 0 fully saturated rings. The Morgan fingerprint density at radius 2 is 0.878 bits per heavy atom. The van der Waals surface area contributed by atoms with Crippen LogP contribution in [0.2, 0.25) is 0 Å². The maximum atomic E-state index is 13.1. The van der Waals surface area contributed by atoms with Crippen LogP contribution in [0, 0.1) is 27.7 Å². The fourth-order valence-corrected chi connectivity index (χ4v) is 11.4. The molecule has 0 aliphatic carbocycles. The van der Waals surface area contributed by atoms with Gasteiger partial charge in [0.05, 0.1) is 0 Å². The van der Waals surface area contributed by atoms with Gasteiger partial charge in [-0.3, -0.25) is 9.59 Å². The van der Waals surface area contributed by atoms with Gasteiger partial charge < -0.3 is 40.4 Å². The van der Waals surface area contributed by atoms with Crippen LogP contribution in [0.5, 0.6) is 0 Å². The first-order valence-electron chi connectivity index (χ1n) is 24.5. The molecule has 0 saturated carbocycles. The number of carbonyl (C=O) groups excluding carboxylic acids is 2. The number of aryl methyl sites for hydroxylation is 4. The van der Waals surface area contributed by atoms with E-state index in [0.29, 0.717) is 35.9 Å². The zero-order chi connectivity index (χ0) is 50.5. The average molecular weight is 977 g/mol. The molecule has 4 unspecified atom stereocenters. The number of para-hydroxylation sites is 2. The Bertz CT molecular complexity index is 3940. The third kappa shape index (κ3) is 7.40. The van der Waals surface area contributed by atoms with Gasteiger partial charge in [0.25, 0.3) is 11.8 Å². The van der Waals surface area contributed by atoms with Crippen molar-refractivity contribution in [2.75, 3.05) is 11.5 Å². The van der Waals surface area contributed by atoms with E-state index in [1.807, 2.05) is 113 Å². The van der Waals surface area contributed by atoms with Crippen molar-refractivity contribution in [2.45, 2.75) is 65.2 Å². The zero-order valence-corrected chi connectivity index (χ0v) is 40.8. The van der Waals surface area contributed by atoms with Crippen molar-refractivity contribution in [3.8, 4) is 22.3 Å². The highest BCUT2D eigenvalue weighted by Crippen LogP contribution is 2.56. The molecule has 14 heteroatoms. The van der Waals surface area contributed by atoms with Gasteiger partial charge in [-0.1, -0.05) is 60.7 Å².